The molecule has 0 saturated carbocycles. The summed E-state index contributed by atoms with van der Waals surface area (Å²) >= 11 is 0. The number of hydrogen-bond donors (Lipinski definition) is 3. The number of piperidine rings is 1. The Morgan fingerprint density at radius 1 is 1.32 bits per heavy atom. The summed E-state index contributed by atoms with van der Waals surface area (Å²) in [5, 5.41) is 8.58. The molecule has 22 heavy (non-hydrogen) atoms. The summed E-state index contributed by atoms with van der Waals surface area (Å²) in [7, 11) is 0. The maximum Gasteiger partial charge on any atom is 0.251 e. The summed E-state index contributed by atoms with van der Waals surface area (Å²) in [5.41, 5.74) is 0.442. The zero-order valence-corrected chi connectivity index (χ0v) is 13.0. The highest BCUT2D eigenvalue weighted by Crippen LogP contribution is 2.26. The largest absolute Gasteiger partial charge is 0.351 e. The van der Waals surface area contributed by atoms with Gasteiger partial charge in [-0.15, -0.1) is 0 Å². The normalized spacial score (nSPS) is 16.9. The molecule has 1 aliphatic heterocycles. The molecular weight excluding hydrogens is 285 g/mol. The summed E-state index contributed by atoms with van der Waals surface area (Å²) in [6.45, 7) is 5.94. The standard InChI is InChI=1S/C16H22FN3O2/c1-11(21)20-14-9-12(3-4-13(14)17)15(22)19-10-16(2)5-7-18-8-6-16/h3-4,9,18H,5-8,10H2,1-2H3,(H,19,22)(H,20,21). The van der Waals surface area contributed by atoms with Gasteiger partial charge in [0.2, 0.25) is 5.91 Å². The number of carbonyl (C=O) groups excluding carboxylic acids is 2. The van der Waals surface area contributed by atoms with E-state index in [0.717, 1.165) is 25.9 Å². The van der Waals surface area contributed by atoms with E-state index < -0.39 is 5.82 Å². The molecule has 120 valence electrons. The first-order valence-electron chi connectivity index (χ1n) is 7.46. The third-order valence-corrected chi connectivity index (χ3v) is 4.03. The number of halogens is 1. The van der Waals surface area contributed by atoms with Gasteiger partial charge in [0.1, 0.15) is 5.82 Å². The Morgan fingerprint density at radius 3 is 2.64 bits per heavy atom. The van der Waals surface area contributed by atoms with Gasteiger partial charge >= 0.3 is 0 Å². The Bertz CT molecular complexity index is 569. The molecule has 5 nitrogen and oxygen atoms in total. The maximum absolute atomic E-state index is 13.6. The number of carbonyl (C=O) groups is 2. The Kier molecular flexibility index (Phi) is 5.13. The van der Waals surface area contributed by atoms with Crippen molar-refractivity contribution >= 4 is 17.5 Å². The molecule has 6 heteroatoms. The molecule has 0 aromatic heterocycles. The van der Waals surface area contributed by atoms with Crippen LogP contribution < -0.4 is 16.0 Å². The lowest BCUT2D eigenvalue weighted by molar-refractivity contribution is -0.114. The second-order valence-electron chi connectivity index (χ2n) is 6.12. The summed E-state index contributed by atoms with van der Waals surface area (Å²) in [6.07, 6.45) is 2.02. The van der Waals surface area contributed by atoms with Crippen molar-refractivity contribution in [3.8, 4) is 0 Å². The van der Waals surface area contributed by atoms with Crippen molar-refractivity contribution in [2.75, 3.05) is 25.0 Å². The molecule has 1 aliphatic rings. The molecule has 0 bridgehead atoms. The van der Waals surface area contributed by atoms with E-state index in [1.807, 2.05) is 0 Å². The first-order valence-corrected chi connectivity index (χ1v) is 7.46. The van der Waals surface area contributed by atoms with E-state index >= 15 is 0 Å². The highest BCUT2D eigenvalue weighted by molar-refractivity contribution is 5.96. The SMILES string of the molecule is CC(=O)Nc1cc(C(=O)NCC2(C)CCNCC2)ccc1F. The number of benzene rings is 1. The molecular formula is C16H22FN3O2. The van der Waals surface area contributed by atoms with Crippen molar-refractivity contribution in [2.45, 2.75) is 26.7 Å². The third kappa shape index (κ3) is 4.27. The summed E-state index contributed by atoms with van der Waals surface area (Å²) in [5.74, 6) is -1.19. The van der Waals surface area contributed by atoms with E-state index in [4.69, 9.17) is 0 Å². The predicted molar refractivity (Wildman–Crippen MR) is 83.2 cm³/mol. The van der Waals surface area contributed by atoms with Crippen LogP contribution in [0.25, 0.3) is 0 Å². The lowest BCUT2D eigenvalue weighted by Crippen LogP contribution is -2.42. The molecule has 1 fully saturated rings. The van der Waals surface area contributed by atoms with Gasteiger partial charge in [0.25, 0.3) is 5.91 Å². The summed E-state index contributed by atoms with van der Waals surface area (Å²) < 4.78 is 13.6. The number of nitrogens with one attached hydrogen (secondary N) is 3. The summed E-state index contributed by atoms with van der Waals surface area (Å²) in [4.78, 5) is 23.3. The van der Waals surface area contributed by atoms with E-state index in [1.165, 1.54) is 25.1 Å². The van der Waals surface area contributed by atoms with Gasteiger partial charge in [0, 0.05) is 19.0 Å². The van der Waals surface area contributed by atoms with Gasteiger partial charge in [-0.2, -0.15) is 0 Å². The highest BCUT2D eigenvalue weighted by atomic mass is 19.1. The van der Waals surface area contributed by atoms with E-state index in [-0.39, 0.29) is 22.9 Å². The van der Waals surface area contributed by atoms with Crippen LogP contribution in [0.3, 0.4) is 0 Å². The quantitative estimate of drug-likeness (QED) is 0.796. The average molecular weight is 307 g/mol. The first kappa shape index (κ1) is 16.4. The number of hydrogen-bond acceptors (Lipinski definition) is 3. The predicted octanol–water partition coefficient (Wildman–Crippen LogP) is 1.90. The molecule has 3 N–H and O–H groups in total. The van der Waals surface area contributed by atoms with Gasteiger partial charge in [0.05, 0.1) is 5.69 Å². The lowest BCUT2D eigenvalue weighted by atomic mass is 9.81. The minimum atomic E-state index is -0.558. The molecule has 0 aliphatic carbocycles. The average Bonchev–Trinajstić information content (AvgIpc) is 2.47. The van der Waals surface area contributed by atoms with Crippen LogP contribution in [-0.4, -0.2) is 31.4 Å². The van der Waals surface area contributed by atoms with Gasteiger partial charge in [-0.25, -0.2) is 4.39 Å². The number of anilines is 1. The van der Waals surface area contributed by atoms with E-state index in [1.54, 1.807) is 0 Å². The minimum Gasteiger partial charge on any atom is -0.351 e. The van der Waals surface area contributed by atoms with Crippen molar-refractivity contribution < 1.29 is 14.0 Å². The molecule has 0 unspecified atom stereocenters. The topological polar surface area (TPSA) is 70.2 Å². The van der Waals surface area contributed by atoms with Crippen LogP contribution >= 0.6 is 0 Å². The van der Waals surface area contributed by atoms with Crippen LogP contribution in [0.1, 0.15) is 37.0 Å². The van der Waals surface area contributed by atoms with Crippen molar-refractivity contribution in [3.05, 3.63) is 29.6 Å². The van der Waals surface area contributed by atoms with E-state index in [0.29, 0.717) is 12.1 Å². The maximum atomic E-state index is 13.6. The van der Waals surface area contributed by atoms with Crippen LogP contribution in [-0.2, 0) is 4.79 Å². The second kappa shape index (κ2) is 6.87. The Balaban J connectivity index is 2.01. The molecule has 2 amide bonds. The number of amides is 2. The zero-order valence-electron chi connectivity index (χ0n) is 13.0. The Morgan fingerprint density at radius 2 is 2.00 bits per heavy atom. The molecule has 2 rings (SSSR count). The fourth-order valence-corrected chi connectivity index (χ4v) is 2.55. The van der Waals surface area contributed by atoms with Crippen molar-refractivity contribution in [2.24, 2.45) is 5.41 Å². The van der Waals surface area contributed by atoms with Crippen LogP contribution in [0, 0.1) is 11.2 Å². The highest BCUT2D eigenvalue weighted by Gasteiger charge is 2.27. The molecule has 1 aromatic carbocycles. The fraction of sp³-hybridized carbons (Fsp3) is 0.500. The molecule has 1 heterocycles. The van der Waals surface area contributed by atoms with Crippen LogP contribution in [0.4, 0.5) is 10.1 Å². The lowest BCUT2D eigenvalue weighted by Gasteiger charge is -2.34. The van der Waals surface area contributed by atoms with Gasteiger partial charge in [0.15, 0.2) is 0 Å². The molecule has 1 saturated heterocycles. The van der Waals surface area contributed by atoms with E-state index in [9.17, 15) is 14.0 Å². The zero-order chi connectivity index (χ0) is 16.2. The third-order valence-electron chi connectivity index (χ3n) is 4.03. The van der Waals surface area contributed by atoms with E-state index in [2.05, 4.69) is 22.9 Å². The monoisotopic (exact) mass is 307 g/mol. The molecule has 0 atom stereocenters. The Labute approximate surface area is 129 Å². The molecule has 0 radical (unpaired) electrons. The Hall–Kier alpha value is -1.95. The van der Waals surface area contributed by atoms with Crippen LogP contribution in [0.5, 0.6) is 0 Å². The van der Waals surface area contributed by atoms with Gasteiger partial charge in [-0.1, -0.05) is 6.92 Å². The van der Waals surface area contributed by atoms with Crippen molar-refractivity contribution in [1.82, 2.24) is 10.6 Å². The summed E-state index contributed by atoms with van der Waals surface area (Å²) in [6, 6.07) is 3.96. The van der Waals surface area contributed by atoms with Gasteiger partial charge < -0.3 is 16.0 Å². The van der Waals surface area contributed by atoms with Gasteiger partial charge in [-0.3, -0.25) is 9.59 Å². The second-order valence-corrected chi connectivity index (χ2v) is 6.12. The minimum absolute atomic E-state index is 0.0215. The van der Waals surface area contributed by atoms with Crippen molar-refractivity contribution in [1.29, 1.82) is 0 Å². The first-order chi connectivity index (χ1) is 10.4. The van der Waals surface area contributed by atoms with Crippen LogP contribution in [0.15, 0.2) is 18.2 Å². The van der Waals surface area contributed by atoms with Crippen molar-refractivity contribution in [3.63, 3.8) is 0 Å². The number of rotatable bonds is 4. The fourth-order valence-electron chi connectivity index (χ4n) is 2.55. The molecule has 1 aromatic rings. The van der Waals surface area contributed by atoms with Crippen LogP contribution in [0.2, 0.25) is 0 Å². The van der Waals surface area contributed by atoms with Gasteiger partial charge in [-0.05, 0) is 49.5 Å². The molecule has 0 spiro atoms. The smallest absolute Gasteiger partial charge is 0.251 e.